The predicted octanol–water partition coefficient (Wildman–Crippen LogP) is 3.90. The number of carbonyl (C=O) groups is 1. The highest BCUT2D eigenvalue weighted by molar-refractivity contribution is 6.35. The Balaban J connectivity index is 0.00000106. The number of benzene rings is 1. The second-order valence-electron chi connectivity index (χ2n) is 4.12. The van der Waals surface area contributed by atoms with Crippen molar-refractivity contribution in [2.45, 2.75) is 27.3 Å². The summed E-state index contributed by atoms with van der Waals surface area (Å²) in [6, 6.07) is 6.23. The maximum absolute atomic E-state index is 14.1. The lowest BCUT2D eigenvalue weighted by Crippen LogP contribution is -2.10. The molecule has 0 spiro atoms. The van der Waals surface area contributed by atoms with Crippen LogP contribution < -0.4 is 5.73 Å². The Kier molecular flexibility index (Phi) is 6.46. The highest BCUT2D eigenvalue weighted by atomic mass is 35.5. The SMILES string of the molecule is CC.Cc1ccc(C(=O)c2c(Cl)ccc(CN)c2F)cn1. The van der Waals surface area contributed by atoms with Gasteiger partial charge in [0.15, 0.2) is 5.78 Å². The van der Waals surface area contributed by atoms with Gasteiger partial charge < -0.3 is 5.73 Å². The van der Waals surface area contributed by atoms with Crippen LogP contribution in [0.1, 0.15) is 41.0 Å². The van der Waals surface area contributed by atoms with Crippen LogP contribution in [0, 0.1) is 12.7 Å². The van der Waals surface area contributed by atoms with Gasteiger partial charge in [-0.3, -0.25) is 9.78 Å². The monoisotopic (exact) mass is 308 g/mol. The zero-order valence-corrected chi connectivity index (χ0v) is 13.0. The van der Waals surface area contributed by atoms with Crippen LogP contribution in [0.2, 0.25) is 5.02 Å². The van der Waals surface area contributed by atoms with E-state index < -0.39 is 11.6 Å². The highest BCUT2D eigenvalue weighted by Crippen LogP contribution is 2.25. The molecule has 112 valence electrons. The smallest absolute Gasteiger partial charge is 0.199 e. The van der Waals surface area contributed by atoms with Gasteiger partial charge in [-0.15, -0.1) is 0 Å². The first-order valence-corrected chi connectivity index (χ1v) is 7.06. The van der Waals surface area contributed by atoms with Crippen molar-refractivity contribution in [2.75, 3.05) is 0 Å². The summed E-state index contributed by atoms with van der Waals surface area (Å²) in [4.78, 5) is 16.3. The molecule has 1 aromatic carbocycles. The molecule has 2 rings (SSSR count). The molecule has 2 N–H and O–H groups in total. The summed E-state index contributed by atoms with van der Waals surface area (Å²) in [6.07, 6.45) is 1.41. The molecular formula is C16H18ClFN2O. The number of nitrogens with zero attached hydrogens (tertiary/aromatic N) is 1. The van der Waals surface area contributed by atoms with Gasteiger partial charge in [-0.05, 0) is 25.1 Å². The van der Waals surface area contributed by atoms with Crippen molar-refractivity contribution < 1.29 is 9.18 Å². The van der Waals surface area contributed by atoms with Crippen LogP contribution in [0.4, 0.5) is 4.39 Å². The molecular weight excluding hydrogens is 291 g/mol. The molecule has 0 atom stereocenters. The molecule has 0 aliphatic heterocycles. The summed E-state index contributed by atoms with van der Waals surface area (Å²) >= 11 is 5.91. The molecule has 2 aromatic rings. The Morgan fingerprint density at radius 1 is 1.29 bits per heavy atom. The van der Waals surface area contributed by atoms with Gasteiger partial charge in [0, 0.05) is 29.6 Å². The van der Waals surface area contributed by atoms with E-state index in [1.807, 2.05) is 13.8 Å². The van der Waals surface area contributed by atoms with E-state index in [0.717, 1.165) is 5.69 Å². The third-order valence-electron chi connectivity index (χ3n) is 2.79. The molecule has 0 amide bonds. The Bertz CT molecular complexity index is 627. The third kappa shape index (κ3) is 3.86. The van der Waals surface area contributed by atoms with E-state index in [4.69, 9.17) is 17.3 Å². The van der Waals surface area contributed by atoms with Crippen LogP contribution in [0.15, 0.2) is 30.5 Å². The number of aryl methyl sites for hydroxylation is 1. The minimum atomic E-state index is -0.666. The van der Waals surface area contributed by atoms with Crippen LogP contribution in [0.3, 0.4) is 0 Å². The summed E-state index contributed by atoms with van der Waals surface area (Å²) < 4.78 is 14.1. The zero-order chi connectivity index (χ0) is 16.0. The number of rotatable bonds is 3. The molecule has 3 nitrogen and oxygen atoms in total. The van der Waals surface area contributed by atoms with Crippen molar-refractivity contribution in [2.24, 2.45) is 5.73 Å². The van der Waals surface area contributed by atoms with Crippen molar-refractivity contribution in [1.82, 2.24) is 4.98 Å². The number of nitrogens with two attached hydrogens (primary N) is 1. The molecule has 0 aliphatic carbocycles. The summed E-state index contributed by atoms with van der Waals surface area (Å²) in [6.45, 7) is 5.81. The van der Waals surface area contributed by atoms with Gasteiger partial charge in [0.2, 0.25) is 0 Å². The zero-order valence-electron chi connectivity index (χ0n) is 12.3. The summed E-state index contributed by atoms with van der Waals surface area (Å²) in [5.41, 5.74) is 6.59. The molecule has 0 saturated heterocycles. The van der Waals surface area contributed by atoms with Crippen molar-refractivity contribution in [3.63, 3.8) is 0 Å². The average molecular weight is 309 g/mol. The van der Waals surface area contributed by atoms with Crippen LogP contribution in [0.5, 0.6) is 0 Å². The normalized spacial score (nSPS) is 9.81. The number of ketones is 1. The molecule has 0 unspecified atom stereocenters. The summed E-state index contributed by atoms with van der Waals surface area (Å²) in [5.74, 6) is -1.16. The number of pyridine rings is 1. The Hall–Kier alpha value is -1.78. The molecule has 21 heavy (non-hydrogen) atoms. The highest BCUT2D eigenvalue weighted by Gasteiger charge is 2.20. The fourth-order valence-electron chi connectivity index (χ4n) is 1.71. The maximum Gasteiger partial charge on any atom is 0.199 e. The molecule has 1 heterocycles. The maximum atomic E-state index is 14.1. The lowest BCUT2D eigenvalue weighted by Gasteiger charge is -2.08. The topological polar surface area (TPSA) is 56.0 Å². The molecule has 0 saturated carbocycles. The standard InChI is InChI=1S/C14H12ClFN2O.C2H6/c1-8-2-3-10(7-18-8)14(19)12-11(15)5-4-9(6-17)13(12)16;1-2/h2-5,7H,6,17H2,1H3;1-2H3. The molecule has 1 aromatic heterocycles. The second kappa shape index (κ2) is 7.86. The summed E-state index contributed by atoms with van der Waals surface area (Å²) in [5, 5.41) is 0.0697. The molecule has 0 aliphatic rings. The van der Waals surface area contributed by atoms with E-state index in [9.17, 15) is 9.18 Å². The number of aromatic nitrogens is 1. The average Bonchev–Trinajstić information content (AvgIpc) is 2.50. The molecule has 0 fully saturated rings. The van der Waals surface area contributed by atoms with Crippen molar-refractivity contribution in [3.8, 4) is 0 Å². The fourth-order valence-corrected chi connectivity index (χ4v) is 1.94. The lowest BCUT2D eigenvalue weighted by molar-refractivity contribution is 0.103. The van der Waals surface area contributed by atoms with E-state index in [2.05, 4.69) is 4.98 Å². The second-order valence-corrected chi connectivity index (χ2v) is 4.52. The van der Waals surface area contributed by atoms with Gasteiger partial charge in [-0.25, -0.2) is 4.39 Å². The first-order chi connectivity index (χ1) is 10.0. The Morgan fingerprint density at radius 2 is 1.95 bits per heavy atom. The van der Waals surface area contributed by atoms with Crippen molar-refractivity contribution in [1.29, 1.82) is 0 Å². The van der Waals surface area contributed by atoms with Gasteiger partial charge in [0.05, 0.1) is 10.6 Å². The number of carbonyl (C=O) groups excluding carboxylic acids is 1. The van der Waals surface area contributed by atoms with E-state index in [1.165, 1.54) is 18.3 Å². The van der Waals surface area contributed by atoms with Crippen LogP contribution in [0.25, 0.3) is 0 Å². The number of hydrogen-bond donors (Lipinski definition) is 1. The Labute approximate surface area is 129 Å². The third-order valence-corrected chi connectivity index (χ3v) is 3.11. The van der Waals surface area contributed by atoms with E-state index in [0.29, 0.717) is 5.56 Å². The minimum absolute atomic E-state index is 0.00936. The first kappa shape index (κ1) is 17.3. The first-order valence-electron chi connectivity index (χ1n) is 6.69. The van der Waals surface area contributed by atoms with Gasteiger partial charge in [-0.2, -0.15) is 0 Å². The van der Waals surface area contributed by atoms with Gasteiger partial charge in [-0.1, -0.05) is 31.5 Å². The fraction of sp³-hybridized carbons (Fsp3) is 0.250. The molecule has 0 bridgehead atoms. The molecule has 0 radical (unpaired) electrons. The predicted molar refractivity (Wildman–Crippen MR) is 83.1 cm³/mol. The van der Waals surface area contributed by atoms with Gasteiger partial charge in [0.1, 0.15) is 5.82 Å². The van der Waals surface area contributed by atoms with Crippen LogP contribution in [-0.4, -0.2) is 10.8 Å². The number of hydrogen-bond acceptors (Lipinski definition) is 3. The quantitative estimate of drug-likeness (QED) is 0.875. The number of halogens is 2. The molecule has 5 heteroatoms. The van der Waals surface area contributed by atoms with Crippen molar-refractivity contribution >= 4 is 17.4 Å². The van der Waals surface area contributed by atoms with E-state index >= 15 is 0 Å². The van der Waals surface area contributed by atoms with Crippen LogP contribution in [-0.2, 0) is 6.54 Å². The Morgan fingerprint density at radius 3 is 2.48 bits per heavy atom. The van der Waals surface area contributed by atoms with Gasteiger partial charge >= 0.3 is 0 Å². The van der Waals surface area contributed by atoms with Crippen LogP contribution >= 0.6 is 11.6 Å². The minimum Gasteiger partial charge on any atom is -0.326 e. The lowest BCUT2D eigenvalue weighted by atomic mass is 10.0. The largest absolute Gasteiger partial charge is 0.326 e. The summed E-state index contributed by atoms with van der Waals surface area (Å²) in [7, 11) is 0. The van der Waals surface area contributed by atoms with Crippen molar-refractivity contribution in [3.05, 3.63) is 63.7 Å². The van der Waals surface area contributed by atoms with E-state index in [1.54, 1.807) is 19.1 Å². The van der Waals surface area contributed by atoms with Gasteiger partial charge in [0.25, 0.3) is 0 Å². The van der Waals surface area contributed by atoms with E-state index in [-0.39, 0.29) is 22.7 Å².